The molecule has 146 valence electrons. The van der Waals surface area contributed by atoms with Crippen LogP contribution in [0.3, 0.4) is 0 Å². The number of benzene rings is 2. The Morgan fingerprint density at radius 3 is 2.55 bits per heavy atom. The van der Waals surface area contributed by atoms with E-state index in [4.69, 9.17) is 10.00 Å². The van der Waals surface area contributed by atoms with Crippen molar-refractivity contribution in [1.29, 1.82) is 5.26 Å². The number of aryl methyl sites for hydroxylation is 2. The number of nitriles is 1. The first-order valence-corrected chi connectivity index (χ1v) is 9.39. The molecule has 1 aromatic heterocycles. The van der Waals surface area contributed by atoms with E-state index in [2.05, 4.69) is 39.6 Å². The van der Waals surface area contributed by atoms with Crippen LogP contribution in [0.1, 0.15) is 28.9 Å². The van der Waals surface area contributed by atoms with Crippen molar-refractivity contribution < 1.29 is 9.53 Å². The summed E-state index contributed by atoms with van der Waals surface area (Å²) in [7, 11) is 1.59. The van der Waals surface area contributed by atoms with Gasteiger partial charge in [-0.05, 0) is 42.5 Å². The average molecular weight is 386 g/mol. The summed E-state index contributed by atoms with van der Waals surface area (Å²) in [6, 6.07) is 18.1. The van der Waals surface area contributed by atoms with E-state index in [0.717, 1.165) is 24.8 Å². The molecule has 1 amide bonds. The van der Waals surface area contributed by atoms with Crippen LogP contribution in [0.15, 0.2) is 60.9 Å². The zero-order chi connectivity index (χ0) is 20.5. The number of anilines is 1. The smallest absolute Gasteiger partial charge is 0.230 e. The highest BCUT2D eigenvalue weighted by Gasteiger charge is 2.10. The van der Waals surface area contributed by atoms with Crippen LogP contribution in [-0.4, -0.2) is 23.0 Å². The number of aromatic nitrogens is 2. The van der Waals surface area contributed by atoms with Crippen molar-refractivity contribution in [3.05, 3.63) is 83.4 Å². The first-order valence-electron chi connectivity index (χ1n) is 9.39. The van der Waals surface area contributed by atoms with Crippen molar-refractivity contribution in [3.63, 3.8) is 0 Å². The summed E-state index contributed by atoms with van der Waals surface area (Å²) in [4.78, 5) is 20.3. The zero-order valence-corrected chi connectivity index (χ0v) is 16.3. The topological polar surface area (TPSA) is 87.9 Å². The Balaban J connectivity index is 1.57. The quantitative estimate of drug-likeness (QED) is 0.637. The van der Waals surface area contributed by atoms with Gasteiger partial charge in [-0.25, -0.2) is 4.98 Å². The summed E-state index contributed by atoms with van der Waals surface area (Å²) >= 11 is 0. The molecule has 3 rings (SSSR count). The summed E-state index contributed by atoms with van der Waals surface area (Å²) in [5.74, 6) is 0.403. The molecule has 0 bridgehead atoms. The van der Waals surface area contributed by atoms with E-state index in [1.807, 2.05) is 30.3 Å². The molecule has 0 saturated heterocycles. The van der Waals surface area contributed by atoms with Gasteiger partial charge in [0.05, 0.1) is 37.3 Å². The number of rotatable bonds is 8. The lowest BCUT2D eigenvalue weighted by Crippen LogP contribution is -2.16. The van der Waals surface area contributed by atoms with E-state index in [1.165, 1.54) is 18.0 Å². The van der Waals surface area contributed by atoms with Crippen molar-refractivity contribution in [3.8, 4) is 11.8 Å². The Hall–Kier alpha value is -3.72. The Labute approximate surface area is 170 Å². The predicted molar refractivity (Wildman–Crippen MR) is 111 cm³/mol. The summed E-state index contributed by atoms with van der Waals surface area (Å²) in [6.45, 7) is 0. The van der Waals surface area contributed by atoms with Crippen LogP contribution in [0.5, 0.6) is 5.75 Å². The van der Waals surface area contributed by atoms with Crippen molar-refractivity contribution in [2.24, 2.45) is 0 Å². The number of carbonyl (C=O) groups is 1. The van der Waals surface area contributed by atoms with Crippen LogP contribution in [0.2, 0.25) is 0 Å². The first kappa shape index (κ1) is 20.0. The van der Waals surface area contributed by atoms with Crippen LogP contribution in [0.4, 0.5) is 5.69 Å². The fourth-order valence-electron chi connectivity index (χ4n) is 3.00. The van der Waals surface area contributed by atoms with E-state index in [0.29, 0.717) is 17.1 Å². The third-order valence-corrected chi connectivity index (χ3v) is 4.48. The van der Waals surface area contributed by atoms with Crippen molar-refractivity contribution in [2.75, 3.05) is 12.4 Å². The zero-order valence-electron chi connectivity index (χ0n) is 16.3. The molecule has 0 aliphatic rings. The van der Waals surface area contributed by atoms with Gasteiger partial charge in [-0.1, -0.05) is 36.4 Å². The second-order valence-corrected chi connectivity index (χ2v) is 6.60. The summed E-state index contributed by atoms with van der Waals surface area (Å²) < 4.78 is 5.45. The Morgan fingerprint density at radius 2 is 1.86 bits per heavy atom. The molecule has 0 unspecified atom stereocenters. The summed E-state index contributed by atoms with van der Waals surface area (Å²) in [5, 5.41) is 11.6. The Kier molecular flexibility index (Phi) is 6.90. The minimum absolute atomic E-state index is 0.0701. The molecule has 6 heteroatoms. The number of ether oxygens (including phenoxy) is 1. The molecule has 0 fully saturated rings. The normalized spacial score (nSPS) is 10.2. The SMILES string of the molecule is COc1cc(CCCc2ccccc2)ccc1NC(=O)Cc1cnc(C#N)cn1. The monoisotopic (exact) mass is 386 g/mol. The van der Waals surface area contributed by atoms with E-state index < -0.39 is 0 Å². The van der Waals surface area contributed by atoms with Crippen molar-refractivity contribution >= 4 is 11.6 Å². The second kappa shape index (κ2) is 10.00. The lowest BCUT2D eigenvalue weighted by molar-refractivity contribution is -0.115. The van der Waals surface area contributed by atoms with Crippen LogP contribution < -0.4 is 10.1 Å². The molecule has 0 radical (unpaired) electrons. The Bertz CT molecular complexity index is 996. The molecule has 3 aromatic rings. The first-order chi connectivity index (χ1) is 14.2. The molecule has 1 heterocycles. The van der Waals surface area contributed by atoms with Gasteiger partial charge in [-0.3, -0.25) is 9.78 Å². The highest BCUT2D eigenvalue weighted by Crippen LogP contribution is 2.26. The molecular formula is C23H22N4O2. The highest BCUT2D eigenvalue weighted by atomic mass is 16.5. The number of methoxy groups -OCH3 is 1. The van der Waals surface area contributed by atoms with Gasteiger partial charge in [-0.2, -0.15) is 5.26 Å². The van der Waals surface area contributed by atoms with E-state index in [1.54, 1.807) is 7.11 Å². The molecular weight excluding hydrogens is 364 g/mol. The van der Waals surface area contributed by atoms with Gasteiger partial charge >= 0.3 is 0 Å². The predicted octanol–water partition coefficient (Wildman–Crippen LogP) is 3.71. The third-order valence-electron chi connectivity index (χ3n) is 4.48. The minimum Gasteiger partial charge on any atom is -0.495 e. The molecule has 0 aliphatic carbocycles. The fraction of sp³-hybridized carbons (Fsp3) is 0.217. The number of hydrogen-bond acceptors (Lipinski definition) is 5. The maximum Gasteiger partial charge on any atom is 0.230 e. The number of hydrogen-bond donors (Lipinski definition) is 1. The lowest BCUT2D eigenvalue weighted by Gasteiger charge is -2.12. The van der Waals surface area contributed by atoms with Crippen molar-refractivity contribution in [1.82, 2.24) is 9.97 Å². The van der Waals surface area contributed by atoms with E-state index in [-0.39, 0.29) is 18.0 Å². The van der Waals surface area contributed by atoms with Gasteiger partial charge in [0, 0.05) is 0 Å². The summed E-state index contributed by atoms with van der Waals surface area (Å²) in [5.41, 5.74) is 3.82. The maximum absolute atomic E-state index is 12.3. The van der Waals surface area contributed by atoms with E-state index >= 15 is 0 Å². The molecule has 0 atom stereocenters. The van der Waals surface area contributed by atoms with E-state index in [9.17, 15) is 4.79 Å². The standard InChI is InChI=1S/C23H22N4O2/c1-29-22-12-18(9-5-8-17-6-3-2-4-7-17)10-11-21(22)27-23(28)13-19-15-26-20(14-24)16-25-19/h2-4,6-7,10-12,15-16H,5,8-9,13H2,1H3,(H,27,28). The fourth-order valence-corrected chi connectivity index (χ4v) is 3.00. The summed E-state index contributed by atoms with van der Waals surface area (Å²) in [6.07, 6.45) is 5.85. The maximum atomic E-state index is 12.3. The molecule has 6 nitrogen and oxygen atoms in total. The molecule has 1 N–H and O–H groups in total. The third kappa shape index (κ3) is 5.88. The number of nitrogens with one attached hydrogen (secondary N) is 1. The Morgan fingerprint density at radius 1 is 1.07 bits per heavy atom. The number of nitrogens with zero attached hydrogens (tertiary/aromatic N) is 3. The minimum atomic E-state index is -0.223. The molecule has 0 saturated carbocycles. The largest absolute Gasteiger partial charge is 0.495 e. The van der Waals surface area contributed by atoms with Gasteiger partial charge in [-0.15, -0.1) is 0 Å². The van der Waals surface area contributed by atoms with Crippen LogP contribution >= 0.6 is 0 Å². The van der Waals surface area contributed by atoms with Gasteiger partial charge < -0.3 is 10.1 Å². The number of carbonyl (C=O) groups excluding carboxylic acids is 1. The molecule has 0 aliphatic heterocycles. The van der Waals surface area contributed by atoms with Crippen LogP contribution in [-0.2, 0) is 24.1 Å². The van der Waals surface area contributed by atoms with Crippen molar-refractivity contribution in [2.45, 2.75) is 25.7 Å². The second-order valence-electron chi connectivity index (χ2n) is 6.60. The van der Waals surface area contributed by atoms with Gasteiger partial charge in [0.1, 0.15) is 11.8 Å². The average Bonchev–Trinajstić information content (AvgIpc) is 2.76. The molecule has 2 aromatic carbocycles. The van der Waals surface area contributed by atoms with Gasteiger partial charge in [0.25, 0.3) is 0 Å². The highest BCUT2D eigenvalue weighted by molar-refractivity contribution is 5.93. The van der Waals surface area contributed by atoms with Gasteiger partial charge in [0.15, 0.2) is 5.69 Å². The number of amides is 1. The van der Waals surface area contributed by atoms with Crippen LogP contribution in [0.25, 0.3) is 0 Å². The molecule has 29 heavy (non-hydrogen) atoms. The van der Waals surface area contributed by atoms with Crippen LogP contribution in [0, 0.1) is 11.3 Å². The lowest BCUT2D eigenvalue weighted by atomic mass is 10.0. The van der Waals surface area contributed by atoms with Gasteiger partial charge in [0.2, 0.25) is 5.91 Å². The molecule has 0 spiro atoms.